The molecule has 1 aliphatic heterocycles. The Morgan fingerprint density at radius 3 is 3.06 bits per heavy atom. The molecule has 94 valence electrons. The Hall–Kier alpha value is -1.43. The van der Waals surface area contributed by atoms with Gasteiger partial charge in [-0.3, -0.25) is 4.79 Å². The number of likely N-dealkylation sites (tertiary alicyclic amines) is 1. The van der Waals surface area contributed by atoms with Gasteiger partial charge in [-0.2, -0.15) is 0 Å². The van der Waals surface area contributed by atoms with E-state index in [0.29, 0.717) is 18.3 Å². The first-order valence-electron chi connectivity index (χ1n) is 6.09. The third kappa shape index (κ3) is 2.82. The summed E-state index contributed by atoms with van der Waals surface area (Å²) in [6, 6.07) is 0.341. The molecular weight excluding hydrogens is 218 g/mol. The zero-order chi connectivity index (χ0) is 12.3. The van der Waals surface area contributed by atoms with Gasteiger partial charge in [0.05, 0.1) is 11.9 Å². The maximum atomic E-state index is 12.1. The standard InChI is InChI=1S/C11H19N5O/c1-9-4-2-3-5-16(9)11(17)8-15-7-10(6-12)13-14-15/h7,9H,2-6,8,12H2,1H3. The lowest BCUT2D eigenvalue weighted by molar-refractivity contribution is -0.135. The Labute approximate surface area is 101 Å². The van der Waals surface area contributed by atoms with Crippen LogP contribution in [-0.2, 0) is 17.9 Å². The number of carbonyl (C=O) groups excluding carboxylic acids is 1. The lowest BCUT2D eigenvalue weighted by Gasteiger charge is -2.33. The van der Waals surface area contributed by atoms with Crippen LogP contribution in [0.4, 0.5) is 0 Å². The fourth-order valence-corrected chi connectivity index (χ4v) is 2.21. The molecule has 0 saturated carbocycles. The summed E-state index contributed by atoms with van der Waals surface area (Å²) in [6.07, 6.45) is 5.14. The van der Waals surface area contributed by atoms with Gasteiger partial charge in [0.25, 0.3) is 0 Å². The molecule has 6 heteroatoms. The number of rotatable bonds is 3. The van der Waals surface area contributed by atoms with Gasteiger partial charge in [0.15, 0.2) is 0 Å². The van der Waals surface area contributed by atoms with E-state index in [4.69, 9.17) is 5.73 Å². The molecule has 2 N–H and O–H groups in total. The largest absolute Gasteiger partial charge is 0.338 e. The molecule has 1 amide bonds. The molecule has 1 fully saturated rings. The van der Waals surface area contributed by atoms with E-state index < -0.39 is 0 Å². The maximum absolute atomic E-state index is 12.1. The van der Waals surface area contributed by atoms with Crippen LogP contribution in [0.3, 0.4) is 0 Å². The van der Waals surface area contributed by atoms with Gasteiger partial charge < -0.3 is 10.6 Å². The third-order valence-corrected chi connectivity index (χ3v) is 3.22. The van der Waals surface area contributed by atoms with E-state index >= 15 is 0 Å². The summed E-state index contributed by atoms with van der Waals surface area (Å²) in [4.78, 5) is 14.0. The molecule has 1 aromatic rings. The van der Waals surface area contributed by atoms with Crippen LogP contribution in [0.15, 0.2) is 6.20 Å². The quantitative estimate of drug-likeness (QED) is 0.811. The van der Waals surface area contributed by atoms with Gasteiger partial charge in [0, 0.05) is 19.1 Å². The first kappa shape index (κ1) is 12.0. The van der Waals surface area contributed by atoms with E-state index in [1.807, 2.05) is 4.90 Å². The smallest absolute Gasteiger partial charge is 0.244 e. The van der Waals surface area contributed by atoms with Gasteiger partial charge in [-0.1, -0.05) is 5.21 Å². The fraction of sp³-hybridized carbons (Fsp3) is 0.727. The SMILES string of the molecule is CC1CCCCN1C(=O)Cn1cc(CN)nn1. The van der Waals surface area contributed by atoms with E-state index in [0.717, 1.165) is 19.4 Å². The second-order valence-corrected chi connectivity index (χ2v) is 4.54. The van der Waals surface area contributed by atoms with Crippen molar-refractivity contribution in [3.05, 3.63) is 11.9 Å². The first-order chi connectivity index (χ1) is 8.20. The highest BCUT2D eigenvalue weighted by molar-refractivity contribution is 5.76. The van der Waals surface area contributed by atoms with Gasteiger partial charge in [-0.05, 0) is 26.2 Å². The maximum Gasteiger partial charge on any atom is 0.244 e. The summed E-state index contributed by atoms with van der Waals surface area (Å²) in [5, 5.41) is 7.76. The number of nitrogens with two attached hydrogens (primary N) is 1. The molecule has 0 aliphatic carbocycles. The summed E-state index contributed by atoms with van der Waals surface area (Å²) < 4.78 is 1.56. The Bertz CT molecular complexity index is 389. The first-order valence-corrected chi connectivity index (χ1v) is 6.09. The minimum absolute atomic E-state index is 0.116. The topological polar surface area (TPSA) is 77.0 Å². The van der Waals surface area contributed by atoms with E-state index in [1.54, 1.807) is 10.9 Å². The average molecular weight is 237 g/mol. The predicted molar refractivity (Wildman–Crippen MR) is 62.9 cm³/mol. The number of hydrogen-bond acceptors (Lipinski definition) is 4. The van der Waals surface area contributed by atoms with Crippen LogP contribution >= 0.6 is 0 Å². The molecule has 1 saturated heterocycles. The van der Waals surface area contributed by atoms with E-state index in [2.05, 4.69) is 17.2 Å². The van der Waals surface area contributed by atoms with Gasteiger partial charge in [-0.25, -0.2) is 4.68 Å². The van der Waals surface area contributed by atoms with Gasteiger partial charge in [-0.15, -0.1) is 5.10 Å². The molecule has 1 aliphatic rings. The van der Waals surface area contributed by atoms with Crippen LogP contribution in [0.25, 0.3) is 0 Å². The Kier molecular flexibility index (Phi) is 3.73. The fourth-order valence-electron chi connectivity index (χ4n) is 2.21. The molecule has 0 radical (unpaired) electrons. The molecule has 1 unspecified atom stereocenters. The molecule has 0 bridgehead atoms. The zero-order valence-corrected chi connectivity index (χ0v) is 10.2. The van der Waals surface area contributed by atoms with E-state index in [-0.39, 0.29) is 12.5 Å². The summed E-state index contributed by atoms with van der Waals surface area (Å²) >= 11 is 0. The molecule has 1 atom stereocenters. The Morgan fingerprint density at radius 2 is 2.41 bits per heavy atom. The third-order valence-electron chi connectivity index (χ3n) is 3.22. The number of hydrogen-bond donors (Lipinski definition) is 1. The van der Waals surface area contributed by atoms with Crippen molar-refractivity contribution in [1.29, 1.82) is 0 Å². The second kappa shape index (κ2) is 5.27. The highest BCUT2D eigenvalue weighted by Gasteiger charge is 2.23. The van der Waals surface area contributed by atoms with Gasteiger partial charge in [0.1, 0.15) is 6.54 Å². The summed E-state index contributed by atoms with van der Waals surface area (Å²) in [5.41, 5.74) is 6.16. The average Bonchev–Trinajstić information content (AvgIpc) is 2.77. The minimum Gasteiger partial charge on any atom is -0.338 e. The molecule has 0 aromatic carbocycles. The molecule has 0 spiro atoms. The van der Waals surface area contributed by atoms with Crippen LogP contribution in [0.1, 0.15) is 31.9 Å². The normalized spacial score (nSPS) is 20.6. The van der Waals surface area contributed by atoms with Crippen LogP contribution in [0.5, 0.6) is 0 Å². The van der Waals surface area contributed by atoms with Crippen molar-refractivity contribution < 1.29 is 4.79 Å². The van der Waals surface area contributed by atoms with Crippen molar-refractivity contribution in [2.24, 2.45) is 5.73 Å². The number of aromatic nitrogens is 3. The second-order valence-electron chi connectivity index (χ2n) is 4.54. The van der Waals surface area contributed by atoms with E-state index in [9.17, 15) is 4.79 Å². The Balaban J connectivity index is 1.95. The van der Waals surface area contributed by atoms with Gasteiger partial charge in [0.2, 0.25) is 5.91 Å². The Morgan fingerprint density at radius 1 is 1.59 bits per heavy atom. The monoisotopic (exact) mass is 237 g/mol. The summed E-state index contributed by atoms with van der Waals surface area (Å²) in [6.45, 7) is 3.58. The molecule has 2 heterocycles. The van der Waals surface area contributed by atoms with Crippen LogP contribution < -0.4 is 5.73 Å². The van der Waals surface area contributed by atoms with Crippen LogP contribution in [0, 0.1) is 0 Å². The van der Waals surface area contributed by atoms with Crippen molar-refractivity contribution in [3.8, 4) is 0 Å². The number of carbonyl (C=O) groups is 1. The molecule has 2 rings (SSSR count). The molecular formula is C11H19N5O. The molecule has 17 heavy (non-hydrogen) atoms. The summed E-state index contributed by atoms with van der Waals surface area (Å²) in [7, 11) is 0. The van der Waals surface area contributed by atoms with Gasteiger partial charge >= 0.3 is 0 Å². The van der Waals surface area contributed by atoms with Crippen molar-refractivity contribution >= 4 is 5.91 Å². The number of amides is 1. The van der Waals surface area contributed by atoms with Crippen molar-refractivity contribution in [2.45, 2.75) is 45.3 Å². The predicted octanol–water partition coefficient (Wildman–Crippen LogP) is 0.138. The zero-order valence-electron chi connectivity index (χ0n) is 10.2. The molecule has 6 nitrogen and oxygen atoms in total. The van der Waals surface area contributed by atoms with Crippen molar-refractivity contribution in [1.82, 2.24) is 19.9 Å². The van der Waals surface area contributed by atoms with Crippen LogP contribution in [-0.4, -0.2) is 38.4 Å². The van der Waals surface area contributed by atoms with Crippen molar-refractivity contribution in [2.75, 3.05) is 6.54 Å². The summed E-state index contributed by atoms with van der Waals surface area (Å²) in [5.74, 6) is 0.116. The highest BCUT2D eigenvalue weighted by Crippen LogP contribution is 2.16. The lowest BCUT2D eigenvalue weighted by atomic mass is 10.0. The minimum atomic E-state index is 0.116. The number of piperidine rings is 1. The van der Waals surface area contributed by atoms with E-state index in [1.165, 1.54) is 6.42 Å². The lowest BCUT2D eigenvalue weighted by Crippen LogP contribution is -2.43. The van der Waals surface area contributed by atoms with Crippen molar-refractivity contribution in [3.63, 3.8) is 0 Å². The highest BCUT2D eigenvalue weighted by atomic mass is 16.2. The van der Waals surface area contributed by atoms with Crippen LogP contribution in [0.2, 0.25) is 0 Å². The number of nitrogens with zero attached hydrogens (tertiary/aromatic N) is 4. The molecule has 1 aromatic heterocycles.